The largest absolute Gasteiger partial charge is 0.425 e. The zero-order valence-corrected chi connectivity index (χ0v) is 9.84. The Balaban J connectivity index is 2.74. The molecule has 1 rings (SSSR count). The maximum absolute atomic E-state index is 12.3. The maximum atomic E-state index is 12.3. The molecule has 0 bridgehead atoms. The molecule has 90 valence electrons. The first-order valence-corrected chi connectivity index (χ1v) is 5.72. The van der Waals surface area contributed by atoms with Gasteiger partial charge < -0.3 is 5.32 Å². The monoisotopic (exact) mass is 271 g/mol. The highest BCUT2D eigenvalue weighted by Gasteiger charge is 2.32. The molecule has 0 spiro atoms. The molecule has 7 heteroatoms. The molecule has 16 heavy (non-hydrogen) atoms. The number of rotatable bonds is 3. The normalized spacial score (nSPS) is 13.6. The highest BCUT2D eigenvalue weighted by atomic mass is 35.5. The van der Waals surface area contributed by atoms with Crippen molar-refractivity contribution in [3.05, 3.63) is 21.9 Å². The van der Waals surface area contributed by atoms with E-state index in [-0.39, 0.29) is 5.88 Å². The fraction of sp³-hybridized carbons (Fsp3) is 0.444. The lowest BCUT2D eigenvalue weighted by Crippen LogP contribution is -2.26. The Labute approximate surface area is 99.4 Å². The van der Waals surface area contributed by atoms with Crippen LogP contribution in [0.2, 0.25) is 0 Å². The van der Waals surface area contributed by atoms with Crippen molar-refractivity contribution in [2.75, 3.05) is 5.88 Å². The third-order valence-corrected chi connectivity index (χ3v) is 3.39. The van der Waals surface area contributed by atoms with Crippen LogP contribution in [-0.2, 0) is 11.0 Å². The standard InChI is InChI=1S/C9H9ClF3NOS/c1-5(14-8(15)4-10)6-2-3-7(16-6)9(11,12)13/h2-3,5H,4H2,1H3,(H,14,15). The SMILES string of the molecule is CC(NC(=O)CCl)c1ccc(C(F)(F)F)s1. The molecular weight excluding hydrogens is 263 g/mol. The molecule has 0 radical (unpaired) electrons. The van der Waals surface area contributed by atoms with E-state index in [1.165, 1.54) is 6.07 Å². The van der Waals surface area contributed by atoms with E-state index in [9.17, 15) is 18.0 Å². The smallest absolute Gasteiger partial charge is 0.348 e. The number of amides is 1. The Morgan fingerprint density at radius 1 is 1.56 bits per heavy atom. The van der Waals surface area contributed by atoms with E-state index in [0.717, 1.165) is 6.07 Å². The van der Waals surface area contributed by atoms with Crippen molar-refractivity contribution in [1.82, 2.24) is 5.32 Å². The van der Waals surface area contributed by atoms with Gasteiger partial charge in [-0.05, 0) is 19.1 Å². The van der Waals surface area contributed by atoms with Crippen LogP contribution in [0.25, 0.3) is 0 Å². The van der Waals surface area contributed by atoms with E-state index in [0.29, 0.717) is 16.2 Å². The summed E-state index contributed by atoms with van der Waals surface area (Å²) in [6, 6.07) is 1.89. The predicted octanol–water partition coefficient (Wildman–Crippen LogP) is 3.18. The van der Waals surface area contributed by atoms with Gasteiger partial charge in [0.15, 0.2) is 0 Å². The van der Waals surface area contributed by atoms with Crippen molar-refractivity contribution in [2.45, 2.75) is 19.1 Å². The average molecular weight is 272 g/mol. The lowest BCUT2D eigenvalue weighted by atomic mass is 10.2. The quantitative estimate of drug-likeness (QED) is 0.841. The first-order valence-electron chi connectivity index (χ1n) is 4.37. The number of thiophene rings is 1. The van der Waals surface area contributed by atoms with Crippen molar-refractivity contribution in [3.8, 4) is 0 Å². The van der Waals surface area contributed by atoms with Crippen LogP contribution in [0, 0.1) is 0 Å². The zero-order chi connectivity index (χ0) is 12.3. The summed E-state index contributed by atoms with van der Waals surface area (Å²) in [6.45, 7) is 1.61. The van der Waals surface area contributed by atoms with Crippen molar-refractivity contribution >= 4 is 28.8 Å². The van der Waals surface area contributed by atoms with Gasteiger partial charge in [-0.15, -0.1) is 22.9 Å². The molecule has 0 saturated carbocycles. The highest BCUT2D eigenvalue weighted by molar-refractivity contribution is 7.12. The molecule has 1 heterocycles. The molecule has 0 aliphatic carbocycles. The number of hydrogen-bond acceptors (Lipinski definition) is 2. The number of alkyl halides is 4. The van der Waals surface area contributed by atoms with Gasteiger partial charge in [0, 0.05) is 4.88 Å². The van der Waals surface area contributed by atoms with Crippen molar-refractivity contribution in [1.29, 1.82) is 0 Å². The minimum absolute atomic E-state index is 0.207. The molecule has 1 N–H and O–H groups in total. The number of hydrogen-bond donors (Lipinski definition) is 1. The Bertz CT molecular complexity index is 377. The minimum Gasteiger partial charge on any atom is -0.348 e. The average Bonchev–Trinajstić information content (AvgIpc) is 2.65. The Morgan fingerprint density at radius 3 is 2.62 bits per heavy atom. The summed E-state index contributed by atoms with van der Waals surface area (Å²) in [7, 11) is 0. The number of carbonyl (C=O) groups is 1. The molecule has 0 aliphatic rings. The lowest BCUT2D eigenvalue weighted by molar-refractivity contribution is -0.134. The predicted molar refractivity (Wildman–Crippen MR) is 56.6 cm³/mol. The van der Waals surface area contributed by atoms with Gasteiger partial charge in [0.05, 0.1) is 6.04 Å². The number of carbonyl (C=O) groups excluding carboxylic acids is 1. The molecule has 0 aromatic carbocycles. The van der Waals surface area contributed by atoms with Gasteiger partial charge in [0.2, 0.25) is 5.91 Å². The molecule has 0 fully saturated rings. The van der Waals surface area contributed by atoms with E-state index in [1.807, 2.05) is 0 Å². The fourth-order valence-corrected chi connectivity index (χ4v) is 2.04. The van der Waals surface area contributed by atoms with Crippen LogP contribution in [0.3, 0.4) is 0 Å². The van der Waals surface area contributed by atoms with Gasteiger partial charge >= 0.3 is 6.18 Å². The second kappa shape index (κ2) is 5.05. The summed E-state index contributed by atoms with van der Waals surface area (Å²) < 4.78 is 36.9. The van der Waals surface area contributed by atoms with Crippen molar-refractivity contribution in [2.24, 2.45) is 0 Å². The molecule has 0 aliphatic heterocycles. The summed E-state index contributed by atoms with van der Waals surface area (Å²) in [4.78, 5) is 10.7. The second-order valence-corrected chi connectivity index (χ2v) is 4.51. The molecule has 1 atom stereocenters. The zero-order valence-electron chi connectivity index (χ0n) is 8.27. The Kier molecular flexibility index (Phi) is 4.21. The lowest BCUT2D eigenvalue weighted by Gasteiger charge is -2.10. The van der Waals surface area contributed by atoms with Crippen LogP contribution in [-0.4, -0.2) is 11.8 Å². The molecule has 2 nitrogen and oxygen atoms in total. The third-order valence-electron chi connectivity index (χ3n) is 1.83. The van der Waals surface area contributed by atoms with Gasteiger partial charge in [-0.2, -0.15) is 13.2 Å². The van der Waals surface area contributed by atoms with Crippen LogP contribution >= 0.6 is 22.9 Å². The van der Waals surface area contributed by atoms with Crippen molar-refractivity contribution < 1.29 is 18.0 Å². The van der Waals surface area contributed by atoms with Crippen LogP contribution in [0.5, 0.6) is 0 Å². The van der Waals surface area contributed by atoms with E-state index < -0.39 is 23.0 Å². The molecule has 1 unspecified atom stereocenters. The first kappa shape index (κ1) is 13.3. The summed E-state index contributed by atoms with van der Waals surface area (Å²) in [5, 5.41) is 2.48. The van der Waals surface area contributed by atoms with E-state index in [4.69, 9.17) is 11.6 Å². The fourth-order valence-electron chi connectivity index (χ4n) is 1.09. The molecule has 0 saturated heterocycles. The van der Waals surface area contributed by atoms with E-state index in [1.54, 1.807) is 6.92 Å². The van der Waals surface area contributed by atoms with Crippen molar-refractivity contribution in [3.63, 3.8) is 0 Å². The summed E-state index contributed by atoms with van der Waals surface area (Å²) in [5.41, 5.74) is 0. The van der Waals surface area contributed by atoms with E-state index >= 15 is 0 Å². The Morgan fingerprint density at radius 2 is 2.19 bits per heavy atom. The van der Waals surface area contributed by atoms with Gasteiger partial charge in [-0.1, -0.05) is 0 Å². The summed E-state index contributed by atoms with van der Waals surface area (Å²) >= 11 is 5.89. The first-order chi connectivity index (χ1) is 7.34. The van der Waals surface area contributed by atoms with Crippen LogP contribution in [0.15, 0.2) is 12.1 Å². The number of nitrogens with one attached hydrogen (secondary N) is 1. The third kappa shape index (κ3) is 3.38. The van der Waals surface area contributed by atoms with Gasteiger partial charge in [-0.3, -0.25) is 4.79 Å². The maximum Gasteiger partial charge on any atom is 0.425 e. The van der Waals surface area contributed by atoms with Crippen LogP contribution in [0.4, 0.5) is 13.2 Å². The highest BCUT2D eigenvalue weighted by Crippen LogP contribution is 2.36. The topological polar surface area (TPSA) is 29.1 Å². The van der Waals surface area contributed by atoms with Gasteiger partial charge in [0.25, 0.3) is 0 Å². The second-order valence-electron chi connectivity index (χ2n) is 3.12. The summed E-state index contributed by atoms with van der Waals surface area (Å²) in [5.74, 6) is -0.613. The van der Waals surface area contributed by atoms with Gasteiger partial charge in [0.1, 0.15) is 10.8 Å². The van der Waals surface area contributed by atoms with Crippen LogP contribution in [0.1, 0.15) is 22.7 Å². The summed E-state index contributed by atoms with van der Waals surface area (Å²) in [6.07, 6.45) is -4.33. The minimum atomic E-state index is -4.33. The molecule has 1 aromatic heterocycles. The molecule has 1 aromatic rings. The Hall–Kier alpha value is -0.750. The van der Waals surface area contributed by atoms with E-state index in [2.05, 4.69) is 5.32 Å². The number of halogens is 4. The van der Waals surface area contributed by atoms with Crippen LogP contribution < -0.4 is 5.32 Å². The molecular formula is C9H9ClF3NOS. The van der Waals surface area contributed by atoms with Gasteiger partial charge in [-0.25, -0.2) is 0 Å². The molecule has 1 amide bonds.